The topological polar surface area (TPSA) is 89.8 Å². The maximum atomic E-state index is 13.6. The number of hydrogen-bond acceptors (Lipinski definition) is 5. The van der Waals surface area contributed by atoms with Gasteiger partial charge in [0.05, 0.1) is 24.6 Å². The molecule has 1 aromatic heterocycles. The van der Waals surface area contributed by atoms with Gasteiger partial charge in [-0.1, -0.05) is 18.2 Å². The SMILES string of the molecule is C/C=C/c1ccc(OCC(=O)Nc2ccc(NC(=O)c3ccco3)cc2C(F)(F)F)c(OC)c1. The first-order chi connectivity index (χ1) is 16.2. The van der Waals surface area contributed by atoms with Crippen LogP contribution in [-0.4, -0.2) is 25.5 Å². The average Bonchev–Trinajstić information content (AvgIpc) is 3.34. The average molecular weight is 474 g/mol. The summed E-state index contributed by atoms with van der Waals surface area (Å²) in [5.41, 5.74) is -0.877. The summed E-state index contributed by atoms with van der Waals surface area (Å²) in [5.74, 6) is -0.943. The van der Waals surface area contributed by atoms with Crippen molar-refractivity contribution >= 4 is 29.3 Å². The number of carbonyl (C=O) groups is 2. The Morgan fingerprint density at radius 2 is 1.85 bits per heavy atom. The van der Waals surface area contributed by atoms with Crippen LogP contribution in [0.3, 0.4) is 0 Å². The highest BCUT2D eigenvalue weighted by molar-refractivity contribution is 6.02. The summed E-state index contributed by atoms with van der Waals surface area (Å²) < 4.78 is 56.4. The molecule has 10 heteroatoms. The van der Waals surface area contributed by atoms with Crippen LogP contribution in [0.15, 0.2) is 65.3 Å². The van der Waals surface area contributed by atoms with Gasteiger partial charge in [-0.15, -0.1) is 0 Å². The molecular formula is C24H21F3N2O5. The van der Waals surface area contributed by atoms with Gasteiger partial charge in [0.15, 0.2) is 23.9 Å². The number of allylic oxidation sites excluding steroid dienone is 1. The van der Waals surface area contributed by atoms with Crippen LogP contribution in [0.1, 0.15) is 28.6 Å². The number of hydrogen-bond donors (Lipinski definition) is 2. The summed E-state index contributed by atoms with van der Waals surface area (Å²) in [5, 5.41) is 4.52. The summed E-state index contributed by atoms with van der Waals surface area (Å²) in [4.78, 5) is 24.4. The number of ether oxygens (including phenoxy) is 2. The van der Waals surface area contributed by atoms with Crippen molar-refractivity contribution in [1.29, 1.82) is 0 Å². The van der Waals surface area contributed by atoms with Crippen LogP contribution in [0.2, 0.25) is 0 Å². The molecule has 0 atom stereocenters. The van der Waals surface area contributed by atoms with Gasteiger partial charge in [-0.25, -0.2) is 0 Å². The lowest BCUT2D eigenvalue weighted by Crippen LogP contribution is -2.23. The van der Waals surface area contributed by atoms with E-state index in [0.29, 0.717) is 5.75 Å². The fourth-order valence-corrected chi connectivity index (χ4v) is 3.00. The molecule has 0 spiro atoms. The van der Waals surface area contributed by atoms with Gasteiger partial charge in [0, 0.05) is 5.69 Å². The van der Waals surface area contributed by atoms with E-state index in [1.54, 1.807) is 18.2 Å². The molecular weight excluding hydrogens is 453 g/mol. The number of furan rings is 1. The predicted molar refractivity (Wildman–Crippen MR) is 120 cm³/mol. The Kier molecular flexibility index (Phi) is 7.62. The molecule has 0 aliphatic carbocycles. The zero-order valence-corrected chi connectivity index (χ0v) is 18.2. The summed E-state index contributed by atoms with van der Waals surface area (Å²) in [6.45, 7) is 1.31. The van der Waals surface area contributed by atoms with Gasteiger partial charge in [-0.05, 0) is 55.0 Å². The minimum atomic E-state index is -4.79. The van der Waals surface area contributed by atoms with Gasteiger partial charge >= 0.3 is 6.18 Å². The molecule has 178 valence electrons. The third kappa shape index (κ3) is 6.18. The molecule has 3 rings (SSSR count). The van der Waals surface area contributed by atoms with Gasteiger partial charge in [0.25, 0.3) is 11.8 Å². The predicted octanol–water partition coefficient (Wildman–Crippen LogP) is 5.61. The Balaban J connectivity index is 1.71. The highest BCUT2D eigenvalue weighted by atomic mass is 19.4. The van der Waals surface area contributed by atoms with Crippen LogP contribution in [0.4, 0.5) is 24.5 Å². The molecule has 7 nitrogen and oxygen atoms in total. The molecule has 2 N–H and O–H groups in total. The maximum Gasteiger partial charge on any atom is 0.418 e. The fraction of sp³-hybridized carbons (Fsp3) is 0.167. The number of alkyl halides is 3. The minimum Gasteiger partial charge on any atom is -0.493 e. The molecule has 3 aromatic rings. The van der Waals surface area contributed by atoms with Gasteiger partial charge in [0.1, 0.15) is 0 Å². The normalized spacial score (nSPS) is 11.3. The zero-order valence-electron chi connectivity index (χ0n) is 18.2. The summed E-state index contributed by atoms with van der Waals surface area (Å²) in [6, 6.07) is 10.9. The summed E-state index contributed by atoms with van der Waals surface area (Å²) in [7, 11) is 1.43. The number of methoxy groups -OCH3 is 1. The van der Waals surface area contributed by atoms with E-state index in [1.807, 2.05) is 19.1 Å². The van der Waals surface area contributed by atoms with Crippen molar-refractivity contribution in [3.8, 4) is 11.5 Å². The largest absolute Gasteiger partial charge is 0.493 e. The van der Waals surface area contributed by atoms with Crippen LogP contribution < -0.4 is 20.1 Å². The Morgan fingerprint density at radius 3 is 2.50 bits per heavy atom. The number of halogens is 3. The van der Waals surface area contributed by atoms with E-state index in [0.717, 1.165) is 17.7 Å². The van der Waals surface area contributed by atoms with Gasteiger partial charge in [-0.3, -0.25) is 9.59 Å². The van der Waals surface area contributed by atoms with Crippen molar-refractivity contribution in [3.63, 3.8) is 0 Å². The third-order valence-electron chi connectivity index (χ3n) is 4.51. The molecule has 2 aromatic carbocycles. The van der Waals surface area contributed by atoms with Crippen LogP contribution in [0.25, 0.3) is 6.08 Å². The van der Waals surface area contributed by atoms with Crippen molar-refractivity contribution in [3.05, 3.63) is 77.8 Å². The smallest absolute Gasteiger partial charge is 0.418 e. The first-order valence-electron chi connectivity index (χ1n) is 10.0. The molecule has 0 fully saturated rings. The van der Waals surface area contributed by atoms with Crippen molar-refractivity contribution in [2.45, 2.75) is 13.1 Å². The molecule has 0 aliphatic heterocycles. The van der Waals surface area contributed by atoms with E-state index < -0.39 is 35.8 Å². The van der Waals surface area contributed by atoms with Crippen molar-refractivity contribution < 1.29 is 36.7 Å². The van der Waals surface area contributed by atoms with Gasteiger partial charge < -0.3 is 24.5 Å². The van der Waals surface area contributed by atoms with Crippen LogP contribution >= 0.6 is 0 Å². The van der Waals surface area contributed by atoms with Crippen LogP contribution in [0.5, 0.6) is 11.5 Å². The molecule has 0 aliphatic rings. The van der Waals surface area contributed by atoms with E-state index in [1.165, 1.54) is 31.6 Å². The Hall–Kier alpha value is -4.21. The van der Waals surface area contributed by atoms with E-state index in [-0.39, 0.29) is 17.2 Å². The molecule has 0 unspecified atom stereocenters. The van der Waals surface area contributed by atoms with E-state index >= 15 is 0 Å². The lowest BCUT2D eigenvalue weighted by molar-refractivity contribution is -0.137. The number of amides is 2. The first kappa shape index (κ1) is 24.4. The standard InChI is InChI=1S/C24H21F3N2O5/c1-3-5-15-7-10-19(21(12-15)32-2)34-14-22(30)29-18-9-8-16(13-17(18)24(25,26)27)28-23(31)20-6-4-11-33-20/h3-13H,14H2,1-2H3,(H,28,31)(H,29,30)/b5-3+. The summed E-state index contributed by atoms with van der Waals surface area (Å²) >= 11 is 0. The Labute approximate surface area is 193 Å². The van der Waals surface area contributed by atoms with Crippen molar-refractivity contribution in [1.82, 2.24) is 0 Å². The fourth-order valence-electron chi connectivity index (χ4n) is 3.00. The first-order valence-corrected chi connectivity index (χ1v) is 10.0. The number of benzene rings is 2. The second kappa shape index (κ2) is 10.6. The van der Waals surface area contributed by atoms with E-state index in [4.69, 9.17) is 13.9 Å². The Morgan fingerprint density at radius 1 is 1.06 bits per heavy atom. The second-order valence-electron chi connectivity index (χ2n) is 6.94. The maximum absolute atomic E-state index is 13.6. The Bertz CT molecular complexity index is 1190. The minimum absolute atomic E-state index is 0.0581. The highest BCUT2D eigenvalue weighted by Crippen LogP contribution is 2.37. The lowest BCUT2D eigenvalue weighted by atomic mass is 10.1. The van der Waals surface area contributed by atoms with Gasteiger partial charge in [-0.2, -0.15) is 13.2 Å². The van der Waals surface area contributed by atoms with Crippen LogP contribution in [-0.2, 0) is 11.0 Å². The molecule has 2 amide bonds. The lowest BCUT2D eigenvalue weighted by Gasteiger charge is -2.16. The zero-order chi connectivity index (χ0) is 24.7. The monoisotopic (exact) mass is 474 g/mol. The van der Waals surface area contributed by atoms with E-state index in [9.17, 15) is 22.8 Å². The molecule has 34 heavy (non-hydrogen) atoms. The number of carbonyl (C=O) groups excluding carboxylic acids is 2. The van der Waals surface area contributed by atoms with Gasteiger partial charge in [0.2, 0.25) is 0 Å². The number of nitrogens with one attached hydrogen (secondary N) is 2. The summed E-state index contributed by atoms with van der Waals surface area (Å²) in [6.07, 6.45) is 0.163. The third-order valence-corrected chi connectivity index (χ3v) is 4.51. The van der Waals surface area contributed by atoms with Crippen molar-refractivity contribution in [2.24, 2.45) is 0 Å². The van der Waals surface area contributed by atoms with E-state index in [2.05, 4.69) is 10.6 Å². The number of rotatable bonds is 8. The molecule has 0 saturated carbocycles. The second-order valence-corrected chi connectivity index (χ2v) is 6.94. The van der Waals surface area contributed by atoms with Crippen molar-refractivity contribution in [2.75, 3.05) is 24.4 Å². The number of anilines is 2. The molecule has 1 heterocycles. The quantitative estimate of drug-likeness (QED) is 0.443. The highest BCUT2D eigenvalue weighted by Gasteiger charge is 2.34. The molecule has 0 bridgehead atoms. The molecule has 0 saturated heterocycles. The molecule has 0 radical (unpaired) electrons. The van der Waals surface area contributed by atoms with Crippen LogP contribution in [0, 0.1) is 0 Å².